The van der Waals surface area contributed by atoms with Gasteiger partial charge in [-0.1, -0.05) is 60.7 Å². The van der Waals surface area contributed by atoms with Crippen molar-refractivity contribution in [1.82, 2.24) is 0 Å². The molecule has 0 saturated carbocycles. The second-order valence-corrected chi connectivity index (χ2v) is 6.94. The summed E-state index contributed by atoms with van der Waals surface area (Å²) in [5.41, 5.74) is 4.70. The van der Waals surface area contributed by atoms with E-state index in [9.17, 15) is 5.11 Å². The molecule has 2 heteroatoms. The molecule has 2 atom stereocenters. The van der Waals surface area contributed by atoms with Crippen molar-refractivity contribution < 1.29 is 9.84 Å². The van der Waals surface area contributed by atoms with Crippen LogP contribution in [0.15, 0.2) is 66.5 Å². The molecule has 2 aliphatic rings. The number of phenolic OH excluding ortho intramolecular Hbond substituents is 1. The highest BCUT2D eigenvalue weighted by molar-refractivity contribution is 5.74. The Hall–Kier alpha value is -2.74. The maximum absolute atomic E-state index is 10.1. The van der Waals surface area contributed by atoms with E-state index < -0.39 is 0 Å². The third kappa shape index (κ3) is 3.00. The first-order chi connectivity index (χ1) is 12.1. The van der Waals surface area contributed by atoms with E-state index in [0.717, 1.165) is 41.0 Å². The number of benzene rings is 2. The van der Waals surface area contributed by atoms with Gasteiger partial charge in [-0.2, -0.15) is 0 Å². The second kappa shape index (κ2) is 6.29. The van der Waals surface area contributed by atoms with Crippen molar-refractivity contribution in [2.75, 3.05) is 0 Å². The predicted molar refractivity (Wildman–Crippen MR) is 102 cm³/mol. The minimum atomic E-state index is 0.217. The molecule has 0 fully saturated rings. The maximum Gasteiger partial charge on any atom is 0.135 e. The lowest BCUT2D eigenvalue weighted by Crippen LogP contribution is -2.26. The van der Waals surface area contributed by atoms with Gasteiger partial charge in [0.2, 0.25) is 0 Å². The van der Waals surface area contributed by atoms with Crippen molar-refractivity contribution in [2.24, 2.45) is 5.92 Å². The molecule has 2 aromatic rings. The van der Waals surface area contributed by atoms with Gasteiger partial charge >= 0.3 is 0 Å². The molecule has 25 heavy (non-hydrogen) atoms. The van der Waals surface area contributed by atoms with Crippen molar-refractivity contribution in [2.45, 2.75) is 25.7 Å². The van der Waals surface area contributed by atoms with Gasteiger partial charge in [0.25, 0.3) is 0 Å². The first-order valence-electron chi connectivity index (χ1n) is 8.76. The Morgan fingerprint density at radius 2 is 1.96 bits per heavy atom. The van der Waals surface area contributed by atoms with Gasteiger partial charge in [-0.25, -0.2) is 0 Å². The van der Waals surface area contributed by atoms with Crippen LogP contribution in [0.1, 0.15) is 42.4 Å². The SMILES string of the molecule is C=C1Oc2cc(O)cc(/C=C/c3ccccc3)c2C2C=C(C)CCC12. The van der Waals surface area contributed by atoms with Crippen LogP contribution in [0.25, 0.3) is 12.2 Å². The molecule has 2 nitrogen and oxygen atoms in total. The van der Waals surface area contributed by atoms with Gasteiger partial charge in [0.1, 0.15) is 17.3 Å². The number of allylic oxidation sites excluding steroid dienone is 3. The van der Waals surface area contributed by atoms with Gasteiger partial charge in [0.15, 0.2) is 0 Å². The van der Waals surface area contributed by atoms with E-state index >= 15 is 0 Å². The van der Waals surface area contributed by atoms with E-state index in [4.69, 9.17) is 4.74 Å². The summed E-state index contributed by atoms with van der Waals surface area (Å²) in [7, 11) is 0. The van der Waals surface area contributed by atoms with E-state index in [1.165, 1.54) is 5.57 Å². The fourth-order valence-electron chi connectivity index (χ4n) is 3.89. The van der Waals surface area contributed by atoms with Crippen molar-refractivity contribution in [3.63, 3.8) is 0 Å². The predicted octanol–water partition coefficient (Wildman–Crippen LogP) is 5.91. The number of rotatable bonds is 2. The van der Waals surface area contributed by atoms with Crippen molar-refractivity contribution in [1.29, 1.82) is 0 Å². The number of hydrogen-bond acceptors (Lipinski definition) is 2. The molecule has 1 aliphatic carbocycles. The zero-order valence-electron chi connectivity index (χ0n) is 14.4. The Bertz CT molecular complexity index is 874. The molecule has 2 aromatic carbocycles. The van der Waals surface area contributed by atoms with E-state index in [1.54, 1.807) is 6.07 Å². The lowest BCUT2D eigenvalue weighted by atomic mass is 9.73. The monoisotopic (exact) mass is 330 g/mol. The van der Waals surface area contributed by atoms with Gasteiger partial charge in [-0.15, -0.1) is 0 Å². The average Bonchev–Trinajstić information content (AvgIpc) is 2.60. The summed E-state index contributed by atoms with van der Waals surface area (Å²) < 4.78 is 5.99. The minimum absolute atomic E-state index is 0.217. The van der Waals surface area contributed by atoms with E-state index in [-0.39, 0.29) is 11.7 Å². The van der Waals surface area contributed by atoms with Crippen LogP contribution in [0.2, 0.25) is 0 Å². The van der Waals surface area contributed by atoms with Gasteiger partial charge in [0.05, 0.1) is 0 Å². The maximum atomic E-state index is 10.1. The summed E-state index contributed by atoms with van der Waals surface area (Å²) in [6.07, 6.45) is 8.64. The number of phenols is 1. The van der Waals surface area contributed by atoms with Gasteiger partial charge in [-0.3, -0.25) is 0 Å². The van der Waals surface area contributed by atoms with Gasteiger partial charge in [-0.05, 0) is 37.0 Å². The summed E-state index contributed by atoms with van der Waals surface area (Å²) in [4.78, 5) is 0. The van der Waals surface area contributed by atoms with E-state index in [0.29, 0.717) is 5.92 Å². The molecule has 0 amide bonds. The number of fused-ring (bicyclic) bond motifs is 3. The molecule has 1 heterocycles. The molecule has 0 spiro atoms. The molecule has 0 radical (unpaired) electrons. The quantitative estimate of drug-likeness (QED) is 0.548. The van der Waals surface area contributed by atoms with E-state index in [1.807, 2.05) is 24.3 Å². The molecule has 0 saturated heterocycles. The lowest BCUT2D eigenvalue weighted by Gasteiger charge is -2.37. The van der Waals surface area contributed by atoms with Crippen LogP contribution in [-0.2, 0) is 0 Å². The summed E-state index contributed by atoms with van der Waals surface area (Å²) in [6, 6.07) is 13.7. The Kier molecular flexibility index (Phi) is 3.96. The number of hydrogen-bond donors (Lipinski definition) is 1. The molecule has 0 aromatic heterocycles. The smallest absolute Gasteiger partial charge is 0.135 e. The van der Waals surface area contributed by atoms with Gasteiger partial charge in [0, 0.05) is 23.5 Å². The third-order valence-electron chi connectivity index (χ3n) is 5.15. The van der Waals surface area contributed by atoms with Crippen LogP contribution in [0.4, 0.5) is 0 Å². The first kappa shape index (κ1) is 15.8. The molecular weight excluding hydrogens is 308 g/mol. The Balaban J connectivity index is 1.83. The van der Waals surface area contributed by atoms with Crippen LogP contribution in [-0.4, -0.2) is 5.11 Å². The fraction of sp³-hybridized carbons (Fsp3) is 0.217. The van der Waals surface area contributed by atoms with E-state index in [2.05, 4.69) is 43.9 Å². The Morgan fingerprint density at radius 1 is 1.16 bits per heavy atom. The molecule has 126 valence electrons. The van der Waals surface area contributed by atoms with Crippen molar-refractivity contribution in [3.05, 3.63) is 83.1 Å². The highest BCUT2D eigenvalue weighted by atomic mass is 16.5. The van der Waals surface area contributed by atoms with Crippen molar-refractivity contribution in [3.8, 4) is 11.5 Å². The zero-order chi connectivity index (χ0) is 17.4. The summed E-state index contributed by atoms with van der Waals surface area (Å²) in [6.45, 7) is 6.31. The molecule has 4 rings (SSSR count). The lowest BCUT2D eigenvalue weighted by molar-refractivity contribution is 0.280. The summed E-state index contributed by atoms with van der Waals surface area (Å²) in [5, 5.41) is 10.1. The topological polar surface area (TPSA) is 29.5 Å². The zero-order valence-corrected chi connectivity index (χ0v) is 14.4. The fourth-order valence-corrected chi connectivity index (χ4v) is 3.89. The summed E-state index contributed by atoms with van der Waals surface area (Å²) in [5.74, 6) is 2.33. The molecule has 2 unspecified atom stereocenters. The molecule has 1 aliphatic heterocycles. The standard InChI is InChI=1S/C23H22O2/c1-15-8-11-20-16(2)25-22-14-19(24)13-18(23(22)21(20)12-15)10-9-17-6-4-3-5-7-17/h3-7,9-10,12-14,20-21,24H,2,8,11H2,1H3/b10-9+. The van der Waals surface area contributed by atoms with Crippen LogP contribution < -0.4 is 4.74 Å². The van der Waals surface area contributed by atoms with Crippen LogP contribution >= 0.6 is 0 Å². The number of aromatic hydroxyl groups is 1. The Labute approximate surface area is 148 Å². The second-order valence-electron chi connectivity index (χ2n) is 6.94. The minimum Gasteiger partial charge on any atom is -0.508 e. The normalized spacial score (nSPS) is 22.1. The average molecular weight is 330 g/mol. The largest absolute Gasteiger partial charge is 0.508 e. The van der Waals surface area contributed by atoms with Crippen LogP contribution in [0, 0.1) is 5.92 Å². The third-order valence-corrected chi connectivity index (χ3v) is 5.15. The van der Waals surface area contributed by atoms with Crippen LogP contribution in [0.5, 0.6) is 11.5 Å². The van der Waals surface area contributed by atoms with Gasteiger partial charge < -0.3 is 9.84 Å². The highest BCUT2D eigenvalue weighted by Crippen LogP contribution is 2.50. The highest BCUT2D eigenvalue weighted by Gasteiger charge is 2.36. The molecule has 1 N–H and O–H groups in total. The Morgan fingerprint density at radius 3 is 2.76 bits per heavy atom. The number of ether oxygens (including phenoxy) is 1. The molecular formula is C23H22O2. The summed E-state index contributed by atoms with van der Waals surface area (Å²) >= 11 is 0. The first-order valence-corrected chi connectivity index (χ1v) is 8.76. The van der Waals surface area contributed by atoms with Crippen molar-refractivity contribution >= 4 is 12.2 Å². The molecule has 0 bridgehead atoms. The van der Waals surface area contributed by atoms with Crippen LogP contribution in [0.3, 0.4) is 0 Å².